The molecule has 0 amide bonds. The lowest BCUT2D eigenvalue weighted by atomic mass is 9.99. The van der Waals surface area contributed by atoms with Crippen molar-refractivity contribution in [1.29, 1.82) is 0 Å². The maximum Gasteiger partial charge on any atom is 0.309 e. The lowest BCUT2D eigenvalue weighted by molar-refractivity contribution is -0.146. The van der Waals surface area contributed by atoms with Crippen LogP contribution in [0.2, 0.25) is 0 Å². The van der Waals surface area contributed by atoms with E-state index in [2.05, 4.69) is 29.4 Å². The minimum atomic E-state index is -0.159. The zero-order valence-corrected chi connectivity index (χ0v) is 17.4. The Morgan fingerprint density at radius 1 is 1.39 bits per heavy atom. The Hall–Kier alpha value is -2.25. The molecule has 1 saturated heterocycles. The summed E-state index contributed by atoms with van der Waals surface area (Å²) in [6, 6.07) is 10.0. The number of aromatic nitrogens is 1. The van der Waals surface area contributed by atoms with Crippen LogP contribution in [0.15, 0.2) is 40.8 Å². The second-order valence-corrected chi connectivity index (χ2v) is 8.35. The molecule has 28 heavy (non-hydrogen) atoms. The molecule has 1 aliphatic heterocycles. The SMILES string of the molecule is C/C(C[C@@H]1C[C@@H](COCC(C)C)OC1=O)=N/Nc1nc(-c2ccccc2)cs1. The molecule has 0 aliphatic carbocycles. The minimum absolute atomic E-state index is 0.149. The van der Waals surface area contributed by atoms with Crippen molar-refractivity contribution in [2.45, 2.75) is 39.7 Å². The van der Waals surface area contributed by atoms with Gasteiger partial charge in [0.1, 0.15) is 6.10 Å². The first kappa shape index (κ1) is 20.5. The van der Waals surface area contributed by atoms with E-state index in [1.54, 1.807) is 0 Å². The summed E-state index contributed by atoms with van der Waals surface area (Å²) in [5.74, 6) is 0.157. The smallest absolute Gasteiger partial charge is 0.309 e. The third-order valence-electron chi connectivity index (χ3n) is 4.38. The number of benzene rings is 1. The van der Waals surface area contributed by atoms with E-state index >= 15 is 0 Å². The van der Waals surface area contributed by atoms with Gasteiger partial charge in [-0.05, 0) is 12.8 Å². The van der Waals surface area contributed by atoms with Gasteiger partial charge in [-0.2, -0.15) is 5.10 Å². The normalized spacial score (nSPS) is 19.9. The van der Waals surface area contributed by atoms with E-state index < -0.39 is 0 Å². The number of nitrogens with one attached hydrogen (secondary N) is 1. The van der Waals surface area contributed by atoms with Crippen LogP contribution in [0.5, 0.6) is 0 Å². The zero-order chi connectivity index (χ0) is 19.9. The van der Waals surface area contributed by atoms with Crippen LogP contribution in [-0.4, -0.2) is 36.0 Å². The number of anilines is 1. The number of esters is 1. The third-order valence-corrected chi connectivity index (χ3v) is 5.12. The van der Waals surface area contributed by atoms with Crippen molar-refractivity contribution in [3.63, 3.8) is 0 Å². The van der Waals surface area contributed by atoms with Crippen molar-refractivity contribution in [2.24, 2.45) is 16.9 Å². The first-order chi connectivity index (χ1) is 13.5. The molecule has 1 aromatic heterocycles. The summed E-state index contributed by atoms with van der Waals surface area (Å²) in [5.41, 5.74) is 5.85. The predicted octanol–water partition coefficient (Wildman–Crippen LogP) is 4.59. The molecule has 0 radical (unpaired) electrons. The van der Waals surface area contributed by atoms with E-state index in [9.17, 15) is 4.79 Å². The van der Waals surface area contributed by atoms with Crippen molar-refractivity contribution in [1.82, 2.24) is 4.98 Å². The number of rotatable bonds is 9. The van der Waals surface area contributed by atoms with Crippen LogP contribution in [0.1, 0.15) is 33.6 Å². The van der Waals surface area contributed by atoms with Gasteiger partial charge in [-0.15, -0.1) is 11.3 Å². The van der Waals surface area contributed by atoms with Crippen molar-refractivity contribution in [2.75, 3.05) is 18.6 Å². The second-order valence-electron chi connectivity index (χ2n) is 7.49. The quantitative estimate of drug-likeness (QED) is 0.378. The van der Waals surface area contributed by atoms with Gasteiger partial charge in [0, 0.05) is 36.1 Å². The van der Waals surface area contributed by atoms with E-state index in [1.807, 2.05) is 42.6 Å². The Bertz CT molecular complexity index is 804. The zero-order valence-electron chi connectivity index (χ0n) is 16.6. The molecule has 7 heteroatoms. The van der Waals surface area contributed by atoms with Gasteiger partial charge in [0.05, 0.1) is 18.2 Å². The molecule has 2 aromatic rings. The summed E-state index contributed by atoms with van der Waals surface area (Å²) >= 11 is 1.50. The lowest BCUT2D eigenvalue weighted by Gasteiger charge is -2.11. The number of carbonyl (C=O) groups excluding carboxylic acids is 1. The molecule has 1 aromatic carbocycles. The largest absolute Gasteiger partial charge is 0.460 e. The number of nitrogens with zero attached hydrogens (tertiary/aromatic N) is 2. The predicted molar refractivity (Wildman–Crippen MR) is 113 cm³/mol. The minimum Gasteiger partial charge on any atom is -0.460 e. The average molecular weight is 402 g/mol. The van der Waals surface area contributed by atoms with Crippen molar-refractivity contribution in [3.05, 3.63) is 35.7 Å². The van der Waals surface area contributed by atoms with Crippen LogP contribution in [0.3, 0.4) is 0 Å². The van der Waals surface area contributed by atoms with E-state index in [4.69, 9.17) is 9.47 Å². The number of ether oxygens (including phenoxy) is 2. The topological polar surface area (TPSA) is 72.8 Å². The highest BCUT2D eigenvalue weighted by Crippen LogP contribution is 2.26. The maximum absolute atomic E-state index is 12.1. The Balaban J connectivity index is 1.48. The van der Waals surface area contributed by atoms with E-state index in [0.29, 0.717) is 32.0 Å². The first-order valence-corrected chi connectivity index (χ1v) is 10.5. The summed E-state index contributed by atoms with van der Waals surface area (Å²) < 4.78 is 11.0. The fraction of sp³-hybridized carbons (Fsp3) is 0.476. The highest BCUT2D eigenvalue weighted by molar-refractivity contribution is 7.14. The Morgan fingerprint density at radius 3 is 2.93 bits per heavy atom. The first-order valence-electron chi connectivity index (χ1n) is 9.59. The lowest BCUT2D eigenvalue weighted by Crippen LogP contribution is -2.17. The molecule has 0 spiro atoms. The van der Waals surface area contributed by atoms with Gasteiger partial charge in [0.15, 0.2) is 0 Å². The van der Waals surface area contributed by atoms with E-state index in [1.165, 1.54) is 11.3 Å². The average Bonchev–Trinajstić information content (AvgIpc) is 3.28. The fourth-order valence-corrected chi connectivity index (χ4v) is 3.70. The van der Waals surface area contributed by atoms with Gasteiger partial charge in [-0.3, -0.25) is 10.2 Å². The standard InChI is InChI=1S/C21H27N3O3S/c1-14(2)11-26-12-18-10-17(20(25)27-18)9-15(3)23-24-21-22-19(13-28-21)16-7-5-4-6-8-16/h4-8,13-14,17-18H,9-12H2,1-3H3,(H,22,24)/b23-15-/t17-,18+/m1/s1. The molecule has 1 aliphatic rings. The molecule has 150 valence electrons. The summed E-state index contributed by atoms with van der Waals surface area (Å²) in [4.78, 5) is 16.6. The molecule has 3 rings (SSSR count). The van der Waals surface area contributed by atoms with Crippen LogP contribution in [0.25, 0.3) is 11.3 Å². The number of cyclic esters (lactones) is 1. The number of thiazole rings is 1. The molecule has 0 saturated carbocycles. The molecule has 2 atom stereocenters. The second kappa shape index (κ2) is 9.80. The molecule has 0 unspecified atom stereocenters. The molecular weight excluding hydrogens is 374 g/mol. The van der Waals surface area contributed by atoms with Crippen LogP contribution in [0, 0.1) is 11.8 Å². The molecule has 6 nitrogen and oxygen atoms in total. The molecular formula is C21H27N3O3S. The monoisotopic (exact) mass is 401 g/mol. The Kier molecular flexibility index (Phi) is 7.17. The van der Waals surface area contributed by atoms with Crippen LogP contribution < -0.4 is 5.43 Å². The van der Waals surface area contributed by atoms with Gasteiger partial charge < -0.3 is 9.47 Å². The van der Waals surface area contributed by atoms with Crippen LogP contribution in [0.4, 0.5) is 5.13 Å². The Labute approximate surface area is 170 Å². The fourth-order valence-electron chi connectivity index (χ4n) is 3.04. The van der Waals surface area contributed by atoms with Gasteiger partial charge in [-0.25, -0.2) is 4.98 Å². The molecule has 0 bridgehead atoms. The molecule has 1 fully saturated rings. The Morgan fingerprint density at radius 2 is 2.18 bits per heavy atom. The maximum atomic E-state index is 12.1. The highest BCUT2D eigenvalue weighted by atomic mass is 32.1. The van der Waals surface area contributed by atoms with E-state index in [-0.39, 0.29) is 18.0 Å². The van der Waals surface area contributed by atoms with Crippen molar-refractivity contribution >= 4 is 28.1 Å². The van der Waals surface area contributed by atoms with Gasteiger partial charge in [0.2, 0.25) is 5.13 Å². The number of hydrogen-bond donors (Lipinski definition) is 1. The van der Waals surface area contributed by atoms with Gasteiger partial charge >= 0.3 is 5.97 Å². The third kappa shape index (κ3) is 5.87. The van der Waals surface area contributed by atoms with Gasteiger partial charge in [-0.1, -0.05) is 44.2 Å². The van der Waals surface area contributed by atoms with Crippen LogP contribution >= 0.6 is 11.3 Å². The number of carbonyl (C=O) groups is 1. The summed E-state index contributed by atoms with van der Waals surface area (Å²) in [6.07, 6.45) is 1.10. The number of hydrazone groups is 1. The summed E-state index contributed by atoms with van der Waals surface area (Å²) in [7, 11) is 0. The molecule has 2 heterocycles. The van der Waals surface area contributed by atoms with Crippen LogP contribution in [-0.2, 0) is 14.3 Å². The number of hydrogen-bond acceptors (Lipinski definition) is 7. The summed E-state index contributed by atoms with van der Waals surface area (Å²) in [6.45, 7) is 7.26. The van der Waals surface area contributed by atoms with Crippen molar-refractivity contribution < 1.29 is 14.3 Å². The van der Waals surface area contributed by atoms with Crippen molar-refractivity contribution in [3.8, 4) is 11.3 Å². The summed E-state index contributed by atoms with van der Waals surface area (Å²) in [5, 5.41) is 7.11. The van der Waals surface area contributed by atoms with E-state index in [0.717, 1.165) is 22.1 Å². The van der Waals surface area contributed by atoms with Gasteiger partial charge in [0.25, 0.3) is 0 Å². The highest BCUT2D eigenvalue weighted by Gasteiger charge is 2.34. The molecule has 1 N–H and O–H groups in total.